The molecule has 1 aliphatic heterocycles. The van der Waals surface area contributed by atoms with Gasteiger partial charge in [0.15, 0.2) is 0 Å². The number of carboxylic acid groups (broad SMARTS) is 1. The maximum absolute atomic E-state index is 13.0. The molecule has 1 aromatic rings. The Balaban J connectivity index is 1.51. The van der Waals surface area contributed by atoms with Crippen molar-refractivity contribution in [1.29, 1.82) is 0 Å². The van der Waals surface area contributed by atoms with Crippen LogP contribution in [0.4, 0.5) is 4.79 Å². The van der Waals surface area contributed by atoms with Gasteiger partial charge in [0.05, 0.1) is 5.92 Å². The van der Waals surface area contributed by atoms with E-state index in [2.05, 4.69) is 10.6 Å². The smallest absolute Gasteiger partial charge is 0.315 e. The van der Waals surface area contributed by atoms with Gasteiger partial charge in [-0.15, -0.1) is 0 Å². The van der Waals surface area contributed by atoms with E-state index in [-0.39, 0.29) is 29.2 Å². The summed E-state index contributed by atoms with van der Waals surface area (Å²) in [6.07, 6.45) is 2.17. The van der Waals surface area contributed by atoms with Crippen LogP contribution in [0.15, 0.2) is 30.3 Å². The van der Waals surface area contributed by atoms with Gasteiger partial charge in [0.1, 0.15) is 6.04 Å². The highest BCUT2D eigenvalue weighted by molar-refractivity contribution is 5.87. The first-order valence-corrected chi connectivity index (χ1v) is 9.92. The van der Waals surface area contributed by atoms with E-state index in [0.717, 1.165) is 24.8 Å². The van der Waals surface area contributed by atoms with Gasteiger partial charge in [-0.05, 0) is 36.2 Å². The van der Waals surface area contributed by atoms with Crippen molar-refractivity contribution in [1.82, 2.24) is 15.5 Å². The van der Waals surface area contributed by atoms with Gasteiger partial charge in [0, 0.05) is 19.6 Å². The number of nitrogens with one attached hydrogen (secondary N) is 2. The van der Waals surface area contributed by atoms with Crippen molar-refractivity contribution in [3.05, 3.63) is 35.9 Å². The van der Waals surface area contributed by atoms with Crippen LogP contribution >= 0.6 is 0 Å². The zero-order chi connectivity index (χ0) is 20.3. The number of likely N-dealkylation sites (tertiary alicyclic amines) is 1. The molecule has 3 N–H and O–H groups in total. The largest absolute Gasteiger partial charge is 0.481 e. The van der Waals surface area contributed by atoms with Crippen LogP contribution in [0.25, 0.3) is 0 Å². The summed E-state index contributed by atoms with van der Waals surface area (Å²) in [5.41, 5.74) is 0.875. The first-order chi connectivity index (χ1) is 13.3. The second-order valence-corrected chi connectivity index (χ2v) is 8.32. The average molecular weight is 387 g/mol. The lowest BCUT2D eigenvalue weighted by molar-refractivity contribution is -0.140. The Kier molecular flexibility index (Phi) is 5.91. The van der Waals surface area contributed by atoms with Gasteiger partial charge < -0.3 is 20.6 Å². The molecule has 3 amide bonds. The van der Waals surface area contributed by atoms with Crippen molar-refractivity contribution in [3.63, 3.8) is 0 Å². The van der Waals surface area contributed by atoms with E-state index in [0.29, 0.717) is 19.6 Å². The molecule has 2 aliphatic rings. The van der Waals surface area contributed by atoms with Gasteiger partial charge in [0.2, 0.25) is 5.91 Å². The molecule has 2 atom stereocenters. The molecule has 1 saturated carbocycles. The number of hydrogen-bond donors (Lipinski definition) is 3. The summed E-state index contributed by atoms with van der Waals surface area (Å²) in [6, 6.07) is 8.63. The molecule has 1 aromatic carbocycles. The number of benzene rings is 1. The lowest BCUT2D eigenvalue weighted by Crippen LogP contribution is -2.55. The van der Waals surface area contributed by atoms with Crippen molar-refractivity contribution >= 4 is 17.9 Å². The second-order valence-electron chi connectivity index (χ2n) is 8.32. The second kappa shape index (κ2) is 8.20. The number of carboxylic acids is 1. The fraction of sp³-hybridized carbons (Fsp3) is 0.571. The fourth-order valence-corrected chi connectivity index (χ4v) is 4.10. The Hall–Kier alpha value is -2.57. The summed E-state index contributed by atoms with van der Waals surface area (Å²) in [5.74, 6) is -1.12. The van der Waals surface area contributed by atoms with Crippen LogP contribution in [0.3, 0.4) is 0 Å². The number of amides is 3. The highest BCUT2D eigenvalue weighted by Crippen LogP contribution is 2.59. The molecule has 2 fully saturated rings. The third kappa shape index (κ3) is 4.46. The number of urea groups is 1. The Labute approximate surface area is 165 Å². The number of carbonyl (C=O) groups excluding carboxylic acids is 2. The highest BCUT2D eigenvalue weighted by Gasteiger charge is 2.59. The molecule has 0 aromatic heterocycles. The Morgan fingerprint density at radius 1 is 1.18 bits per heavy atom. The van der Waals surface area contributed by atoms with E-state index >= 15 is 0 Å². The molecule has 1 saturated heterocycles. The molecule has 7 heteroatoms. The predicted octanol–water partition coefficient (Wildman–Crippen LogP) is 2.22. The van der Waals surface area contributed by atoms with E-state index in [1.54, 1.807) is 4.90 Å². The molecule has 1 aliphatic carbocycles. The lowest BCUT2D eigenvalue weighted by Gasteiger charge is -2.36. The van der Waals surface area contributed by atoms with Gasteiger partial charge in [-0.2, -0.15) is 0 Å². The summed E-state index contributed by atoms with van der Waals surface area (Å²) in [4.78, 5) is 38.2. The third-order valence-electron chi connectivity index (χ3n) is 6.07. The predicted molar refractivity (Wildman–Crippen MR) is 104 cm³/mol. The first-order valence-electron chi connectivity index (χ1n) is 9.92. The van der Waals surface area contributed by atoms with Crippen LogP contribution in [-0.2, 0) is 16.1 Å². The highest BCUT2D eigenvalue weighted by atomic mass is 16.4. The molecule has 28 heavy (non-hydrogen) atoms. The van der Waals surface area contributed by atoms with E-state index in [1.165, 1.54) is 0 Å². The molecular weight excluding hydrogens is 358 g/mol. The average Bonchev–Trinajstić information content (AvgIpc) is 3.39. The number of aliphatic carboxylic acids is 1. The number of piperidine rings is 1. The maximum atomic E-state index is 13.0. The summed E-state index contributed by atoms with van der Waals surface area (Å²) >= 11 is 0. The van der Waals surface area contributed by atoms with Crippen LogP contribution in [0.2, 0.25) is 0 Å². The lowest BCUT2D eigenvalue weighted by atomic mass is 9.90. The van der Waals surface area contributed by atoms with Crippen LogP contribution in [0.5, 0.6) is 0 Å². The van der Waals surface area contributed by atoms with Crippen LogP contribution in [0, 0.1) is 17.3 Å². The van der Waals surface area contributed by atoms with Gasteiger partial charge in [-0.1, -0.05) is 44.2 Å². The quantitative estimate of drug-likeness (QED) is 0.697. The van der Waals surface area contributed by atoms with E-state index in [1.807, 2.05) is 44.2 Å². The molecule has 0 bridgehead atoms. The Morgan fingerprint density at radius 3 is 2.36 bits per heavy atom. The Morgan fingerprint density at radius 2 is 1.82 bits per heavy atom. The third-order valence-corrected chi connectivity index (χ3v) is 6.07. The summed E-state index contributed by atoms with van der Waals surface area (Å²) in [6.45, 7) is 5.33. The normalized spacial score (nSPS) is 21.2. The zero-order valence-electron chi connectivity index (χ0n) is 16.5. The molecule has 2 unspecified atom stereocenters. The van der Waals surface area contributed by atoms with Crippen molar-refractivity contribution in [2.24, 2.45) is 17.3 Å². The minimum absolute atomic E-state index is 0.0430. The van der Waals surface area contributed by atoms with E-state index < -0.39 is 12.0 Å². The van der Waals surface area contributed by atoms with Crippen LogP contribution in [0.1, 0.15) is 38.7 Å². The first kappa shape index (κ1) is 20.2. The van der Waals surface area contributed by atoms with Crippen molar-refractivity contribution < 1.29 is 19.5 Å². The van der Waals surface area contributed by atoms with Crippen molar-refractivity contribution in [2.75, 3.05) is 13.1 Å². The van der Waals surface area contributed by atoms with Gasteiger partial charge in [-0.3, -0.25) is 9.59 Å². The molecule has 7 nitrogen and oxygen atoms in total. The molecule has 1 heterocycles. The van der Waals surface area contributed by atoms with Crippen LogP contribution in [-0.4, -0.2) is 47.0 Å². The molecule has 1 spiro atoms. The van der Waals surface area contributed by atoms with Crippen LogP contribution < -0.4 is 10.6 Å². The number of carbonyl (C=O) groups is 3. The monoisotopic (exact) mass is 387 g/mol. The van der Waals surface area contributed by atoms with Crippen molar-refractivity contribution in [3.8, 4) is 0 Å². The number of nitrogens with zero attached hydrogens (tertiary/aromatic N) is 1. The van der Waals surface area contributed by atoms with Gasteiger partial charge in [0.25, 0.3) is 0 Å². The van der Waals surface area contributed by atoms with Gasteiger partial charge >= 0.3 is 12.0 Å². The fourth-order valence-electron chi connectivity index (χ4n) is 4.10. The number of hydrogen-bond acceptors (Lipinski definition) is 3. The van der Waals surface area contributed by atoms with Crippen molar-refractivity contribution in [2.45, 2.75) is 45.7 Å². The standard InChI is InChI=1S/C21H29N3O4/c1-14(2)17(23-20(28)22-13-15-6-4-3-5-7-15)18(25)24-10-8-21(9-11-24)12-16(21)19(26)27/h3-7,14,16-17H,8-13H2,1-2H3,(H,26,27)(H2,22,23,28). The topological polar surface area (TPSA) is 98.7 Å². The Bertz CT molecular complexity index is 726. The molecular formula is C21H29N3O4. The van der Waals surface area contributed by atoms with E-state index in [9.17, 15) is 19.5 Å². The summed E-state index contributed by atoms with van der Waals surface area (Å²) < 4.78 is 0. The maximum Gasteiger partial charge on any atom is 0.315 e. The number of rotatable bonds is 6. The minimum Gasteiger partial charge on any atom is -0.481 e. The molecule has 3 rings (SSSR count). The molecule has 152 valence electrons. The zero-order valence-corrected chi connectivity index (χ0v) is 16.5. The summed E-state index contributed by atoms with van der Waals surface area (Å²) in [5, 5.41) is 14.8. The summed E-state index contributed by atoms with van der Waals surface area (Å²) in [7, 11) is 0. The molecule has 0 radical (unpaired) electrons. The SMILES string of the molecule is CC(C)C(NC(=O)NCc1ccccc1)C(=O)N1CCC2(CC1)CC2C(=O)O. The minimum atomic E-state index is -0.725. The van der Waals surface area contributed by atoms with Gasteiger partial charge in [-0.25, -0.2) is 4.79 Å². The van der Waals surface area contributed by atoms with E-state index in [4.69, 9.17) is 0 Å².